The molecule has 1 fully saturated rings. The summed E-state index contributed by atoms with van der Waals surface area (Å²) in [5.41, 5.74) is 4.82. The first-order chi connectivity index (χ1) is 11.1. The molecule has 136 valence electrons. The Kier molecular flexibility index (Phi) is 10.6. The molecule has 3 nitrogen and oxygen atoms in total. The average molecular weight is 326 g/mol. The number of unbranched alkanes of at least 4 members (excludes halogenated alkanes) is 12. The number of amides is 1. The van der Waals surface area contributed by atoms with E-state index in [0.29, 0.717) is 0 Å². The van der Waals surface area contributed by atoms with E-state index in [4.69, 9.17) is 5.73 Å². The molecule has 1 aliphatic rings. The van der Waals surface area contributed by atoms with Gasteiger partial charge in [-0.25, -0.2) is 0 Å². The summed E-state index contributed by atoms with van der Waals surface area (Å²) in [6.45, 7) is 2.27. The van der Waals surface area contributed by atoms with Crippen LogP contribution in [0.25, 0.3) is 0 Å². The third-order valence-electron chi connectivity index (χ3n) is 5.50. The van der Waals surface area contributed by atoms with Crippen LogP contribution in [0.4, 0.5) is 0 Å². The van der Waals surface area contributed by atoms with E-state index >= 15 is 0 Å². The number of hydrogen-bond donors (Lipinski definition) is 2. The Balaban J connectivity index is 1.81. The van der Waals surface area contributed by atoms with Gasteiger partial charge in [0.15, 0.2) is 0 Å². The van der Waals surface area contributed by atoms with Crippen LogP contribution in [0.15, 0.2) is 0 Å². The van der Waals surface area contributed by atoms with E-state index in [1.54, 1.807) is 0 Å². The number of carbonyl (C=O) groups excluding carboxylic acids is 1. The zero-order valence-corrected chi connectivity index (χ0v) is 15.3. The second kappa shape index (κ2) is 11.9. The van der Waals surface area contributed by atoms with Gasteiger partial charge >= 0.3 is 0 Å². The number of aliphatic hydroxyl groups excluding tert-OH is 1. The monoisotopic (exact) mass is 325 g/mol. The molecule has 0 heterocycles. The number of aliphatic hydroxyl groups is 1. The summed E-state index contributed by atoms with van der Waals surface area (Å²) in [7, 11) is 0. The smallest absolute Gasteiger partial charge is 0.226 e. The molecule has 0 aliphatic heterocycles. The molecule has 1 atom stereocenters. The second-order valence-electron chi connectivity index (χ2n) is 7.57. The molecule has 0 aromatic heterocycles. The number of nitrogens with two attached hydrogens (primary N) is 1. The van der Waals surface area contributed by atoms with Gasteiger partial charge in [0.25, 0.3) is 0 Å². The SMILES string of the molecule is CCCCCCCCCCCCCCCC(O)C1(C(N)=O)CC1. The first-order valence-corrected chi connectivity index (χ1v) is 10.1. The molecule has 0 bridgehead atoms. The Hall–Kier alpha value is -0.570. The molecular formula is C20H39NO2. The Morgan fingerprint density at radius 1 is 0.870 bits per heavy atom. The van der Waals surface area contributed by atoms with Gasteiger partial charge in [-0.3, -0.25) is 4.79 Å². The Morgan fingerprint density at radius 2 is 1.26 bits per heavy atom. The van der Waals surface area contributed by atoms with Crippen molar-refractivity contribution in [2.45, 2.75) is 116 Å². The standard InChI is InChI=1S/C20H39NO2/c1-2-3-4-5-6-7-8-9-10-11-12-13-14-15-18(22)20(16-17-20)19(21)23/h18,22H,2-17H2,1H3,(H2,21,23). The third-order valence-corrected chi connectivity index (χ3v) is 5.50. The van der Waals surface area contributed by atoms with Gasteiger partial charge in [-0.2, -0.15) is 0 Å². The van der Waals surface area contributed by atoms with E-state index < -0.39 is 11.5 Å². The van der Waals surface area contributed by atoms with Gasteiger partial charge in [0.05, 0.1) is 11.5 Å². The first kappa shape index (κ1) is 20.5. The van der Waals surface area contributed by atoms with Gasteiger partial charge in [-0.05, 0) is 19.3 Å². The molecule has 0 aromatic carbocycles. The molecule has 23 heavy (non-hydrogen) atoms. The number of rotatable bonds is 16. The quantitative estimate of drug-likeness (QED) is 0.388. The van der Waals surface area contributed by atoms with Crippen LogP contribution < -0.4 is 5.73 Å². The van der Waals surface area contributed by atoms with Gasteiger partial charge < -0.3 is 10.8 Å². The number of carbonyl (C=O) groups is 1. The molecule has 3 N–H and O–H groups in total. The summed E-state index contributed by atoms with van der Waals surface area (Å²) < 4.78 is 0. The van der Waals surface area contributed by atoms with Crippen molar-refractivity contribution in [2.24, 2.45) is 11.1 Å². The maximum absolute atomic E-state index is 11.3. The lowest BCUT2D eigenvalue weighted by atomic mass is 9.93. The molecule has 0 spiro atoms. The van der Waals surface area contributed by atoms with Crippen LogP contribution in [0.1, 0.15) is 110 Å². The zero-order valence-electron chi connectivity index (χ0n) is 15.3. The molecule has 1 amide bonds. The van der Waals surface area contributed by atoms with Gasteiger partial charge in [0.2, 0.25) is 5.91 Å². The van der Waals surface area contributed by atoms with Crippen molar-refractivity contribution in [1.29, 1.82) is 0 Å². The molecule has 0 radical (unpaired) electrons. The van der Waals surface area contributed by atoms with Crippen molar-refractivity contribution in [3.05, 3.63) is 0 Å². The van der Waals surface area contributed by atoms with Crippen LogP contribution >= 0.6 is 0 Å². The van der Waals surface area contributed by atoms with Gasteiger partial charge in [0.1, 0.15) is 0 Å². The summed E-state index contributed by atoms with van der Waals surface area (Å²) in [6, 6.07) is 0. The van der Waals surface area contributed by atoms with E-state index in [9.17, 15) is 9.90 Å². The number of primary amides is 1. The molecule has 1 aliphatic carbocycles. The zero-order chi connectivity index (χ0) is 17.0. The molecule has 3 heteroatoms. The fraction of sp³-hybridized carbons (Fsp3) is 0.950. The lowest BCUT2D eigenvalue weighted by Crippen LogP contribution is -2.35. The first-order valence-electron chi connectivity index (χ1n) is 10.1. The van der Waals surface area contributed by atoms with Crippen LogP contribution in [0.3, 0.4) is 0 Å². The second-order valence-corrected chi connectivity index (χ2v) is 7.57. The molecular weight excluding hydrogens is 286 g/mol. The highest BCUT2D eigenvalue weighted by molar-refractivity contribution is 5.84. The highest BCUT2D eigenvalue weighted by Gasteiger charge is 2.53. The maximum atomic E-state index is 11.3. The Morgan fingerprint density at radius 3 is 1.61 bits per heavy atom. The van der Waals surface area contributed by atoms with Crippen LogP contribution in [0.5, 0.6) is 0 Å². The van der Waals surface area contributed by atoms with Crippen molar-refractivity contribution < 1.29 is 9.90 Å². The van der Waals surface area contributed by atoms with E-state index in [0.717, 1.165) is 25.7 Å². The van der Waals surface area contributed by atoms with Gasteiger partial charge in [0, 0.05) is 0 Å². The van der Waals surface area contributed by atoms with E-state index in [1.165, 1.54) is 77.0 Å². The highest BCUT2D eigenvalue weighted by atomic mass is 16.3. The van der Waals surface area contributed by atoms with Crippen molar-refractivity contribution in [1.82, 2.24) is 0 Å². The lowest BCUT2D eigenvalue weighted by molar-refractivity contribution is -0.127. The summed E-state index contributed by atoms with van der Waals surface area (Å²) in [5.74, 6) is -0.306. The summed E-state index contributed by atoms with van der Waals surface area (Å²) in [4.78, 5) is 11.3. The molecule has 1 unspecified atom stereocenters. The van der Waals surface area contributed by atoms with E-state index in [2.05, 4.69) is 6.92 Å². The van der Waals surface area contributed by atoms with Crippen molar-refractivity contribution in [3.8, 4) is 0 Å². The molecule has 0 aromatic rings. The minimum atomic E-state index is -0.558. The predicted molar refractivity (Wildman–Crippen MR) is 97.2 cm³/mol. The Labute approximate surface area is 143 Å². The lowest BCUT2D eigenvalue weighted by Gasteiger charge is -2.18. The fourth-order valence-corrected chi connectivity index (χ4v) is 3.51. The molecule has 1 saturated carbocycles. The van der Waals surface area contributed by atoms with Crippen molar-refractivity contribution >= 4 is 5.91 Å². The number of hydrogen-bond acceptors (Lipinski definition) is 2. The highest BCUT2D eigenvalue weighted by Crippen LogP contribution is 2.49. The van der Waals surface area contributed by atoms with Crippen molar-refractivity contribution in [2.75, 3.05) is 0 Å². The minimum absolute atomic E-state index is 0.306. The normalized spacial score (nSPS) is 17.1. The largest absolute Gasteiger partial charge is 0.392 e. The van der Waals surface area contributed by atoms with Crippen LogP contribution in [-0.2, 0) is 4.79 Å². The Bertz CT molecular complexity index is 313. The summed E-state index contributed by atoms with van der Waals surface area (Å²) >= 11 is 0. The van der Waals surface area contributed by atoms with Crippen molar-refractivity contribution in [3.63, 3.8) is 0 Å². The summed E-state index contributed by atoms with van der Waals surface area (Å²) in [6.07, 6.45) is 19.1. The van der Waals surface area contributed by atoms with Gasteiger partial charge in [-0.15, -0.1) is 0 Å². The van der Waals surface area contributed by atoms with Crippen LogP contribution in [0.2, 0.25) is 0 Å². The van der Waals surface area contributed by atoms with Crippen LogP contribution in [-0.4, -0.2) is 17.1 Å². The van der Waals surface area contributed by atoms with E-state index in [1.807, 2.05) is 0 Å². The third kappa shape index (κ3) is 8.19. The summed E-state index contributed by atoms with van der Waals surface area (Å²) in [5, 5.41) is 10.1. The maximum Gasteiger partial charge on any atom is 0.226 e. The molecule has 0 saturated heterocycles. The van der Waals surface area contributed by atoms with Gasteiger partial charge in [-0.1, -0.05) is 90.4 Å². The predicted octanol–water partition coefficient (Wildman–Crippen LogP) is 5.09. The molecule has 1 rings (SSSR count). The van der Waals surface area contributed by atoms with Crippen LogP contribution in [0, 0.1) is 5.41 Å². The average Bonchev–Trinajstić information content (AvgIpc) is 3.33. The topological polar surface area (TPSA) is 63.3 Å². The van der Waals surface area contributed by atoms with E-state index in [-0.39, 0.29) is 5.91 Å². The minimum Gasteiger partial charge on any atom is -0.392 e. The fourth-order valence-electron chi connectivity index (χ4n) is 3.51.